The van der Waals surface area contributed by atoms with E-state index in [1.165, 1.54) is 25.3 Å². The Hall–Kier alpha value is -1.14. The van der Waals surface area contributed by atoms with Gasteiger partial charge in [-0.25, -0.2) is 0 Å². The van der Waals surface area contributed by atoms with Crippen molar-refractivity contribution in [2.75, 3.05) is 26.2 Å². The fourth-order valence-electron chi connectivity index (χ4n) is 2.33. The van der Waals surface area contributed by atoms with Crippen molar-refractivity contribution in [1.82, 2.24) is 15.2 Å². The first-order chi connectivity index (χ1) is 9.55. The molecule has 6 heteroatoms. The van der Waals surface area contributed by atoms with E-state index in [0.717, 1.165) is 38.4 Å². The predicted molar refractivity (Wildman–Crippen MR) is 71.2 cm³/mol. The lowest BCUT2D eigenvalue weighted by Gasteiger charge is -2.26. The molecule has 1 aliphatic heterocycles. The molecule has 20 heavy (non-hydrogen) atoms. The van der Waals surface area contributed by atoms with Crippen LogP contribution in [0.4, 0.5) is 13.2 Å². The van der Waals surface area contributed by atoms with E-state index in [-0.39, 0.29) is 0 Å². The third kappa shape index (κ3) is 4.76. The van der Waals surface area contributed by atoms with E-state index in [4.69, 9.17) is 0 Å². The first-order valence-corrected chi connectivity index (χ1v) is 7.01. The number of rotatable bonds is 5. The molecule has 1 aliphatic rings. The standard InChI is InChI=1S/C14H20F3N3/c15-14(16,17)12-4-5-13(19-10-12)11-18-6-9-20-7-2-1-3-8-20/h4-5,10,18H,1-3,6-9,11H2. The molecule has 0 aromatic carbocycles. The van der Waals surface area contributed by atoms with Crippen LogP contribution in [-0.2, 0) is 12.7 Å². The van der Waals surface area contributed by atoms with Gasteiger partial charge in [-0.2, -0.15) is 13.2 Å². The molecule has 1 aromatic rings. The van der Waals surface area contributed by atoms with Crippen molar-refractivity contribution < 1.29 is 13.2 Å². The van der Waals surface area contributed by atoms with E-state index in [0.29, 0.717) is 12.2 Å². The third-order valence-corrected chi connectivity index (χ3v) is 3.51. The number of nitrogens with one attached hydrogen (secondary N) is 1. The fraction of sp³-hybridized carbons (Fsp3) is 0.643. The lowest BCUT2D eigenvalue weighted by molar-refractivity contribution is -0.137. The number of halogens is 3. The monoisotopic (exact) mass is 287 g/mol. The Balaban J connectivity index is 1.68. The fourth-order valence-corrected chi connectivity index (χ4v) is 2.33. The zero-order chi connectivity index (χ0) is 14.4. The van der Waals surface area contributed by atoms with Crippen LogP contribution < -0.4 is 5.32 Å². The van der Waals surface area contributed by atoms with Crippen molar-refractivity contribution in [2.24, 2.45) is 0 Å². The second kappa shape index (κ2) is 7.04. The highest BCUT2D eigenvalue weighted by molar-refractivity contribution is 5.16. The van der Waals surface area contributed by atoms with E-state index in [9.17, 15) is 13.2 Å². The number of hydrogen-bond acceptors (Lipinski definition) is 3. The Morgan fingerprint density at radius 3 is 2.50 bits per heavy atom. The summed E-state index contributed by atoms with van der Waals surface area (Å²) in [5, 5.41) is 3.22. The van der Waals surface area contributed by atoms with Crippen LogP contribution in [0.3, 0.4) is 0 Å². The summed E-state index contributed by atoms with van der Waals surface area (Å²) >= 11 is 0. The highest BCUT2D eigenvalue weighted by Crippen LogP contribution is 2.28. The zero-order valence-corrected chi connectivity index (χ0v) is 11.4. The average Bonchev–Trinajstić information content (AvgIpc) is 2.44. The number of alkyl halides is 3. The van der Waals surface area contributed by atoms with Crippen LogP contribution in [0.5, 0.6) is 0 Å². The molecule has 0 unspecified atom stereocenters. The minimum Gasteiger partial charge on any atom is -0.310 e. The van der Waals surface area contributed by atoms with Crippen molar-refractivity contribution in [2.45, 2.75) is 32.0 Å². The van der Waals surface area contributed by atoms with Crippen LogP contribution in [0.1, 0.15) is 30.5 Å². The summed E-state index contributed by atoms with van der Waals surface area (Å²) in [7, 11) is 0. The summed E-state index contributed by atoms with van der Waals surface area (Å²) in [6.07, 6.45) is 0.426. The van der Waals surface area contributed by atoms with E-state index < -0.39 is 11.7 Å². The molecule has 1 saturated heterocycles. The smallest absolute Gasteiger partial charge is 0.310 e. The van der Waals surface area contributed by atoms with Gasteiger partial charge in [0.15, 0.2) is 0 Å². The number of piperidine rings is 1. The van der Waals surface area contributed by atoms with Crippen molar-refractivity contribution in [3.63, 3.8) is 0 Å². The summed E-state index contributed by atoms with van der Waals surface area (Å²) in [6, 6.07) is 2.51. The summed E-state index contributed by atoms with van der Waals surface area (Å²) < 4.78 is 37.1. The average molecular weight is 287 g/mol. The van der Waals surface area contributed by atoms with Crippen molar-refractivity contribution in [3.8, 4) is 0 Å². The van der Waals surface area contributed by atoms with E-state index in [1.807, 2.05) is 0 Å². The lowest BCUT2D eigenvalue weighted by Crippen LogP contribution is -2.35. The van der Waals surface area contributed by atoms with Crippen LogP contribution in [0.15, 0.2) is 18.3 Å². The van der Waals surface area contributed by atoms with Crippen LogP contribution in [0, 0.1) is 0 Å². The summed E-state index contributed by atoms with van der Waals surface area (Å²) in [5.74, 6) is 0. The van der Waals surface area contributed by atoms with Crippen molar-refractivity contribution >= 4 is 0 Å². The SMILES string of the molecule is FC(F)(F)c1ccc(CNCCN2CCCCC2)nc1. The summed E-state index contributed by atoms with van der Waals surface area (Å²) in [5.41, 5.74) is -0.0637. The second-order valence-electron chi connectivity index (χ2n) is 5.12. The minimum absolute atomic E-state index is 0.506. The molecule has 0 aliphatic carbocycles. The van der Waals surface area contributed by atoms with Gasteiger partial charge in [0.1, 0.15) is 0 Å². The zero-order valence-electron chi connectivity index (χ0n) is 11.4. The first-order valence-electron chi connectivity index (χ1n) is 7.01. The molecule has 0 amide bonds. The quantitative estimate of drug-likeness (QED) is 0.844. The third-order valence-electron chi connectivity index (χ3n) is 3.51. The number of aromatic nitrogens is 1. The Kier molecular flexibility index (Phi) is 5.37. The molecule has 0 saturated carbocycles. The molecule has 2 heterocycles. The Labute approximate surface area is 117 Å². The van der Waals surface area contributed by atoms with Crippen LogP contribution >= 0.6 is 0 Å². The molecule has 2 rings (SSSR count). The van der Waals surface area contributed by atoms with Gasteiger partial charge >= 0.3 is 6.18 Å². The number of pyridine rings is 1. The van der Waals surface area contributed by atoms with Gasteiger partial charge in [-0.3, -0.25) is 4.98 Å². The van der Waals surface area contributed by atoms with Gasteiger partial charge in [-0.1, -0.05) is 6.42 Å². The molecule has 0 radical (unpaired) electrons. The van der Waals surface area contributed by atoms with Crippen LogP contribution in [-0.4, -0.2) is 36.1 Å². The highest BCUT2D eigenvalue weighted by Gasteiger charge is 2.30. The maximum absolute atomic E-state index is 12.4. The van der Waals surface area contributed by atoms with Crippen molar-refractivity contribution in [3.05, 3.63) is 29.6 Å². The summed E-state index contributed by atoms with van der Waals surface area (Å²) in [4.78, 5) is 6.25. The maximum Gasteiger partial charge on any atom is 0.417 e. The first kappa shape index (κ1) is 15.3. The van der Waals surface area contributed by atoms with Crippen LogP contribution in [0.25, 0.3) is 0 Å². The van der Waals surface area contributed by atoms with Gasteiger partial charge < -0.3 is 10.2 Å². The maximum atomic E-state index is 12.4. The van der Waals surface area contributed by atoms with Gasteiger partial charge in [0.25, 0.3) is 0 Å². The molecule has 112 valence electrons. The molecule has 1 fully saturated rings. The number of hydrogen-bond donors (Lipinski definition) is 1. The van der Waals surface area contributed by atoms with Crippen LogP contribution in [0.2, 0.25) is 0 Å². The predicted octanol–water partition coefficient (Wildman–Crippen LogP) is 2.68. The van der Waals surface area contributed by atoms with Gasteiger partial charge in [0.05, 0.1) is 11.3 Å². The number of nitrogens with zero attached hydrogens (tertiary/aromatic N) is 2. The lowest BCUT2D eigenvalue weighted by atomic mass is 10.1. The van der Waals surface area contributed by atoms with E-state index in [2.05, 4.69) is 15.2 Å². The highest BCUT2D eigenvalue weighted by atomic mass is 19.4. The molecular weight excluding hydrogens is 267 g/mol. The van der Waals surface area contributed by atoms with E-state index in [1.54, 1.807) is 0 Å². The molecule has 0 atom stereocenters. The summed E-state index contributed by atoms with van der Waals surface area (Å²) in [6.45, 7) is 4.63. The second-order valence-corrected chi connectivity index (χ2v) is 5.12. The molecule has 1 N–H and O–H groups in total. The van der Waals surface area contributed by atoms with Gasteiger partial charge in [0, 0.05) is 25.8 Å². The Morgan fingerprint density at radius 2 is 1.90 bits per heavy atom. The Morgan fingerprint density at radius 1 is 1.15 bits per heavy atom. The van der Waals surface area contributed by atoms with Gasteiger partial charge in [-0.15, -0.1) is 0 Å². The Bertz CT molecular complexity index is 397. The van der Waals surface area contributed by atoms with Gasteiger partial charge in [0.2, 0.25) is 0 Å². The molecule has 0 spiro atoms. The van der Waals surface area contributed by atoms with Crippen molar-refractivity contribution in [1.29, 1.82) is 0 Å². The molecule has 1 aromatic heterocycles. The van der Waals surface area contributed by atoms with E-state index >= 15 is 0 Å². The minimum atomic E-state index is -4.31. The van der Waals surface area contributed by atoms with Gasteiger partial charge in [-0.05, 0) is 38.1 Å². The number of likely N-dealkylation sites (tertiary alicyclic amines) is 1. The molecule has 0 bridgehead atoms. The molecule has 3 nitrogen and oxygen atoms in total. The topological polar surface area (TPSA) is 28.2 Å². The normalized spacial score (nSPS) is 17.4. The molecular formula is C14H20F3N3. The largest absolute Gasteiger partial charge is 0.417 e.